The summed E-state index contributed by atoms with van der Waals surface area (Å²) >= 11 is 0. The van der Waals surface area contributed by atoms with Gasteiger partial charge in [0.2, 0.25) is 0 Å². The van der Waals surface area contributed by atoms with Crippen LogP contribution < -0.4 is 5.73 Å². The van der Waals surface area contributed by atoms with E-state index in [-0.39, 0.29) is 0 Å². The maximum absolute atomic E-state index is 5.51. The average Bonchev–Trinajstić information content (AvgIpc) is 2.81. The molecule has 5 heteroatoms. The van der Waals surface area contributed by atoms with Crippen LogP contribution in [0.1, 0.15) is 45.7 Å². The van der Waals surface area contributed by atoms with Crippen molar-refractivity contribution in [2.75, 3.05) is 13.1 Å². The molecular weight excluding hydrogens is 226 g/mol. The molecule has 0 saturated carbocycles. The van der Waals surface area contributed by atoms with Crippen LogP contribution in [0.2, 0.25) is 0 Å². The van der Waals surface area contributed by atoms with Crippen LogP contribution in [0.4, 0.5) is 0 Å². The minimum atomic E-state index is 0.594. The Morgan fingerprint density at radius 3 is 2.83 bits per heavy atom. The molecule has 5 nitrogen and oxygen atoms in total. The van der Waals surface area contributed by atoms with E-state index in [1.165, 1.54) is 19.3 Å². The largest absolute Gasteiger partial charge is 0.329 e. The Morgan fingerprint density at radius 2 is 2.22 bits per heavy atom. The number of nitrogens with zero attached hydrogens (tertiary/aromatic N) is 4. The van der Waals surface area contributed by atoms with Crippen molar-refractivity contribution in [1.82, 2.24) is 19.9 Å². The van der Waals surface area contributed by atoms with Gasteiger partial charge in [0.15, 0.2) is 0 Å². The predicted molar refractivity (Wildman–Crippen MR) is 74.1 cm³/mol. The first kappa shape index (κ1) is 15.1. The van der Waals surface area contributed by atoms with E-state index in [0.717, 1.165) is 25.3 Å². The van der Waals surface area contributed by atoms with Crippen LogP contribution in [0.5, 0.6) is 0 Å². The van der Waals surface area contributed by atoms with Crippen molar-refractivity contribution in [2.24, 2.45) is 5.73 Å². The number of aromatic nitrogens is 3. The van der Waals surface area contributed by atoms with Crippen molar-refractivity contribution in [3.8, 4) is 0 Å². The molecule has 0 spiro atoms. The fourth-order valence-electron chi connectivity index (χ4n) is 1.94. The second kappa shape index (κ2) is 8.21. The summed E-state index contributed by atoms with van der Waals surface area (Å²) in [5, 5.41) is 8.30. The Bertz CT molecular complexity index is 323. The molecule has 0 bridgehead atoms. The van der Waals surface area contributed by atoms with Gasteiger partial charge in [-0.25, -0.2) is 0 Å². The first-order valence-corrected chi connectivity index (χ1v) is 7.04. The first-order chi connectivity index (χ1) is 8.71. The van der Waals surface area contributed by atoms with Gasteiger partial charge in [0.05, 0.1) is 12.2 Å². The van der Waals surface area contributed by atoms with Crippen LogP contribution in [-0.4, -0.2) is 39.0 Å². The van der Waals surface area contributed by atoms with E-state index >= 15 is 0 Å². The molecular formula is C13H27N5. The topological polar surface area (TPSA) is 60.0 Å². The normalized spacial score (nSPS) is 13.2. The minimum Gasteiger partial charge on any atom is -0.329 e. The maximum atomic E-state index is 5.51. The van der Waals surface area contributed by atoms with Gasteiger partial charge in [-0.1, -0.05) is 25.5 Å². The van der Waals surface area contributed by atoms with E-state index in [1.807, 2.05) is 10.9 Å². The lowest BCUT2D eigenvalue weighted by molar-refractivity contribution is 0.190. The standard InChI is InChI=1S/C13H27N5/c1-4-6-8-17(12(3)5-2)10-13-11-18(9-7-14)16-15-13/h11-12H,4-10,14H2,1-3H3. The summed E-state index contributed by atoms with van der Waals surface area (Å²) in [6.07, 6.45) is 5.64. The van der Waals surface area contributed by atoms with Gasteiger partial charge in [-0.05, 0) is 26.3 Å². The molecule has 18 heavy (non-hydrogen) atoms. The smallest absolute Gasteiger partial charge is 0.0967 e. The predicted octanol–water partition coefficient (Wildman–Crippen LogP) is 1.64. The number of nitrogens with two attached hydrogens (primary N) is 1. The van der Waals surface area contributed by atoms with E-state index in [0.29, 0.717) is 12.6 Å². The summed E-state index contributed by atoms with van der Waals surface area (Å²) in [7, 11) is 0. The molecule has 0 aliphatic carbocycles. The molecule has 2 N–H and O–H groups in total. The van der Waals surface area contributed by atoms with Crippen molar-refractivity contribution in [2.45, 2.75) is 59.2 Å². The molecule has 1 atom stereocenters. The van der Waals surface area contributed by atoms with Gasteiger partial charge in [0.1, 0.15) is 0 Å². The fraction of sp³-hybridized carbons (Fsp3) is 0.846. The van der Waals surface area contributed by atoms with Crippen LogP contribution in [0.15, 0.2) is 6.20 Å². The molecule has 0 aliphatic rings. The zero-order valence-electron chi connectivity index (χ0n) is 12.0. The van der Waals surface area contributed by atoms with Gasteiger partial charge in [-0.15, -0.1) is 5.10 Å². The van der Waals surface area contributed by atoms with E-state index in [9.17, 15) is 0 Å². The van der Waals surface area contributed by atoms with Gasteiger partial charge in [0.25, 0.3) is 0 Å². The van der Waals surface area contributed by atoms with Gasteiger partial charge in [0, 0.05) is 25.3 Å². The quantitative estimate of drug-likeness (QED) is 0.727. The maximum Gasteiger partial charge on any atom is 0.0967 e. The Labute approximate surface area is 110 Å². The molecule has 0 amide bonds. The second-order valence-electron chi connectivity index (χ2n) is 4.84. The summed E-state index contributed by atoms with van der Waals surface area (Å²) in [4.78, 5) is 2.49. The third kappa shape index (κ3) is 4.74. The highest BCUT2D eigenvalue weighted by molar-refractivity contribution is 4.93. The van der Waals surface area contributed by atoms with Gasteiger partial charge in [-0.3, -0.25) is 9.58 Å². The molecule has 0 radical (unpaired) electrons. The SMILES string of the molecule is CCCCN(Cc1cn(CCN)nn1)C(C)CC. The molecule has 0 saturated heterocycles. The molecule has 1 aromatic heterocycles. The lowest BCUT2D eigenvalue weighted by atomic mass is 10.2. The zero-order chi connectivity index (χ0) is 13.4. The molecule has 0 fully saturated rings. The summed E-state index contributed by atoms with van der Waals surface area (Å²) < 4.78 is 1.82. The van der Waals surface area contributed by atoms with Crippen LogP contribution in [0.3, 0.4) is 0 Å². The minimum absolute atomic E-state index is 0.594. The lowest BCUT2D eigenvalue weighted by Gasteiger charge is -2.27. The van der Waals surface area contributed by atoms with Crippen LogP contribution in [0, 0.1) is 0 Å². The number of hydrogen-bond donors (Lipinski definition) is 1. The summed E-state index contributed by atoms with van der Waals surface area (Å²) in [5.41, 5.74) is 6.55. The average molecular weight is 253 g/mol. The molecule has 1 rings (SSSR count). The van der Waals surface area contributed by atoms with Crippen LogP contribution in [0.25, 0.3) is 0 Å². The first-order valence-electron chi connectivity index (χ1n) is 7.04. The highest BCUT2D eigenvalue weighted by Gasteiger charge is 2.13. The summed E-state index contributed by atoms with van der Waals surface area (Å²) in [6.45, 7) is 10.1. The Balaban J connectivity index is 2.57. The highest BCUT2D eigenvalue weighted by atomic mass is 15.4. The molecule has 0 aromatic carbocycles. The van der Waals surface area contributed by atoms with Crippen molar-refractivity contribution < 1.29 is 0 Å². The van der Waals surface area contributed by atoms with Crippen molar-refractivity contribution in [3.05, 3.63) is 11.9 Å². The summed E-state index contributed by atoms with van der Waals surface area (Å²) in [5.74, 6) is 0. The van der Waals surface area contributed by atoms with Crippen LogP contribution >= 0.6 is 0 Å². The highest BCUT2D eigenvalue weighted by Crippen LogP contribution is 2.10. The second-order valence-corrected chi connectivity index (χ2v) is 4.84. The molecule has 104 valence electrons. The Morgan fingerprint density at radius 1 is 1.44 bits per heavy atom. The Kier molecular flexibility index (Phi) is 6.90. The number of rotatable bonds is 9. The monoisotopic (exact) mass is 253 g/mol. The molecule has 0 aliphatic heterocycles. The fourth-order valence-corrected chi connectivity index (χ4v) is 1.94. The van der Waals surface area contributed by atoms with Gasteiger partial charge >= 0.3 is 0 Å². The van der Waals surface area contributed by atoms with Gasteiger partial charge in [-0.2, -0.15) is 0 Å². The zero-order valence-corrected chi connectivity index (χ0v) is 12.0. The molecule has 1 aromatic rings. The van der Waals surface area contributed by atoms with E-state index in [1.54, 1.807) is 0 Å². The number of hydrogen-bond acceptors (Lipinski definition) is 4. The third-order valence-electron chi connectivity index (χ3n) is 3.32. The molecule has 1 unspecified atom stereocenters. The van der Waals surface area contributed by atoms with Gasteiger partial charge < -0.3 is 5.73 Å². The third-order valence-corrected chi connectivity index (χ3v) is 3.32. The van der Waals surface area contributed by atoms with E-state index in [2.05, 4.69) is 36.0 Å². The van der Waals surface area contributed by atoms with E-state index < -0.39 is 0 Å². The van der Waals surface area contributed by atoms with Crippen molar-refractivity contribution >= 4 is 0 Å². The lowest BCUT2D eigenvalue weighted by Crippen LogP contribution is -2.33. The molecule has 1 heterocycles. The van der Waals surface area contributed by atoms with E-state index in [4.69, 9.17) is 5.73 Å². The van der Waals surface area contributed by atoms with Crippen LogP contribution in [-0.2, 0) is 13.1 Å². The number of unbranched alkanes of at least 4 members (excludes halogenated alkanes) is 1. The van der Waals surface area contributed by atoms with Crippen molar-refractivity contribution in [1.29, 1.82) is 0 Å². The Hall–Kier alpha value is -0.940. The van der Waals surface area contributed by atoms with Crippen molar-refractivity contribution in [3.63, 3.8) is 0 Å². The summed E-state index contributed by atoms with van der Waals surface area (Å²) in [6, 6.07) is 0.594.